The summed E-state index contributed by atoms with van der Waals surface area (Å²) in [7, 11) is 0. The quantitative estimate of drug-likeness (QED) is 0.620. The molecule has 96 valence electrons. The van der Waals surface area contributed by atoms with Crippen LogP contribution < -0.4 is 0 Å². The van der Waals surface area contributed by atoms with Crippen molar-refractivity contribution in [2.24, 2.45) is 0 Å². The van der Waals surface area contributed by atoms with Crippen molar-refractivity contribution in [3.8, 4) is 0 Å². The van der Waals surface area contributed by atoms with Crippen LogP contribution in [0.1, 0.15) is 11.3 Å². The van der Waals surface area contributed by atoms with Crippen molar-refractivity contribution >= 4 is 23.5 Å². The summed E-state index contributed by atoms with van der Waals surface area (Å²) in [6, 6.07) is 6.85. The zero-order chi connectivity index (χ0) is 13.8. The lowest BCUT2D eigenvalue weighted by atomic mass is 10.1. The molecule has 2 aromatic rings. The van der Waals surface area contributed by atoms with Crippen LogP contribution >= 0.6 is 0 Å². The van der Waals surface area contributed by atoms with Gasteiger partial charge in [-0.25, -0.2) is 0 Å². The molecule has 0 aliphatic carbocycles. The van der Waals surface area contributed by atoms with Gasteiger partial charge in [0.05, 0.1) is 27.7 Å². The number of rotatable bonds is 4. The molecule has 1 aromatic carbocycles. The average Bonchev–Trinajstić information content (AvgIpc) is 2.89. The highest BCUT2D eigenvalue weighted by Crippen LogP contribution is 2.26. The molecule has 0 aliphatic heterocycles. The number of nitrogens with zero attached hydrogens (tertiary/aromatic N) is 2. The highest BCUT2D eigenvalue weighted by molar-refractivity contribution is 5.73. The van der Waals surface area contributed by atoms with Crippen LogP contribution in [0.3, 0.4) is 0 Å². The molecule has 0 radical (unpaired) electrons. The third-order valence-electron chi connectivity index (χ3n) is 2.39. The molecule has 0 aliphatic rings. The number of nitro groups is 2. The fourth-order valence-corrected chi connectivity index (χ4v) is 1.50. The van der Waals surface area contributed by atoms with Crippen LogP contribution in [0.15, 0.2) is 41.0 Å². The molecule has 0 fully saturated rings. The van der Waals surface area contributed by atoms with Gasteiger partial charge in [-0.2, -0.15) is 0 Å². The summed E-state index contributed by atoms with van der Waals surface area (Å²) in [6.07, 6.45) is 4.50. The molecule has 1 heterocycles. The van der Waals surface area contributed by atoms with E-state index in [1.165, 1.54) is 24.5 Å². The van der Waals surface area contributed by atoms with Crippen LogP contribution in [0.25, 0.3) is 12.2 Å². The van der Waals surface area contributed by atoms with Crippen molar-refractivity contribution in [1.29, 1.82) is 0 Å². The zero-order valence-electron chi connectivity index (χ0n) is 9.55. The molecule has 0 spiro atoms. The molecule has 19 heavy (non-hydrogen) atoms. The maximum absolute atomic E-state index is 10.9. The van der Waals surface area contributed by atoms with Crippen LogP contribution in [-0.2, 0) is 0 Å². The van der Waals surface area contributed by atoms with Crippen LogP contribution in [0.4, 0.5) is 11.4 Å². The third kappa shape index (κ3) is 2.83. The Morgan fingerprint density at radius 1 is 1.05 bits per heavy atom. The topological polar surface area (TPSA) is 99.4 Å². The highest BCUT2D eigenvalue weighted by atomic mass is 16.6. The number of furan rings is 1. The summed E-state index contributed by atoms with van der Waals surface area (Å²) in [6.45, 7) is 0. The van der Waals surface area contributed by atoms with Gasteiger partial charge in [0.25, 0.3) is 11.4 Å². The van der Waals surface area contributed by atoms with E-state index in [4.69, 9.17) is 4.42 Å². The first-order valence-electron chi connectivity index (χ1n) is 5.22. The minimum Gasteiger partial charge on any atom is -0.465 e. The van der Waals surface area contributed by atoms with Crippen molar-refractivity contribution < 1.29 is 14.3 Å². The minimum atomic E-state index is -0.674. The summed E-state index contributed by atoms with van der Waals surface area (Å²) in [5, 5.41) is 21.5. The van der Waals surface area contributed by atoms with Crippen LogP contribution in [0, 0.1) is 20.2 Å². The number of hydrogen-bond donors (Lipinski definition) is 0. The van der Waals surface area contributed by atoms with E-state index in [0.29, 0.717) is 5.76 Å². The Bertz CT molecular complexity index is 646. The third-order valence-corrected chi connectivity index (χ3v) is 2.39. The lowest BCUT2D eigenvalue weighted by Gasteiger charge is -1.97. The van der Waals surface area contributed by atoms with Gasteiger partial charge < -0.3 is 4.42 Å². The molecule has 0 atom stereocenters. The van der Waals surface area contributed by atoms with Crippen LogP contribution in [0.2, 0.25) is 0 Å². The van der Waals surface area contributed by atoms with Gasteiger partial charge in [0, 0.05) is 6.07 Å². The first-order valence-corrected chi connectivity index (χ1v) is 5.22. The van der Waals surface area contributed by atoms with E-state index < -0.39 is 9.85 Å². The second-order valence-electron chi connectivity index (χ2n) is 3.61. The van der Waals surface area contributed by atoms with E-state index in [-0.39, 0.29) is 16.9 Å². The Balaban J connectivity index is 2.40. The highest BCUT2D eigenvalue weighted by Gasteiger charge is 2.17. The smallest absolute Gasteiger partial charge is 0.283 e. The fourth-order valence-electron chi connectivity index (χ4n) is 1.50. The summed E-state index contributed by atoms with van der Waals surface area (Å²) in [5.74, 6) is 0.535. The molecule has 0 N–H and O–H groups in total. The maximum Gasteiger partial charge on any atom is 0.283 e. The second kappa shape index (κ2) is 5.13. The molecule has 7 nitrogen and oxygen atoms in total. The van der Waals surface area contributed by atoms with Crippen LogP contribution in [-0.4, -0.2) is 9.85 Å². The van der Waals surface area contributed by atoms with E-state index >= 15 is 0 Å². The largest absolute Gasteiger partial charge is 0.465 e. The number of hydrogen-bond acceptors (Lipinski definition) is 5. The SMILES string of the molecule is O=[N+]([O-])c1ccc(/C=C\c2ccco2)c([N+](=O)[O-])c1. The summed E-state index contributed by atoms with van der Waals surface area (Å²) in [5.41, 5.74) is -0.370. The standard InChI is InChI=1S/C12H8N2O5/c15-13(16)10-5-3-9(12(8-10)14(17)18)4-6-11-2-1-7-19-11/h1-8H/b6-4-. The Morgan fingerprint density at radius 2 is 1.84 bits per heavy atom. The molecule has 0 bridgehead atoms. The second-order valence-corrected chi connectivity index (χ2v) is 3.61. The fraction of sp³-hybridized carbons (Fsp3) is 0. The Morgan fingerprint density at radius 3 is 2.42 bits per heavy atom. The molecule has 0 saturated carbocycles. The minimum absolute atomic E-state index is 0.270. The predicted molar refractivity (Wildman–Crippen MR) is 67.4 cm³/mol. The maximum atomic E-state index is 10.9. The lowest BCUT2D eigenvalue weighted by Crippen LogP contribution is -1.94. The van der Waals surface area contributed by atoms with Gasteiger partial charge >= 0.3 is 0 Å². The van der Waals surface area contributed by atoms with Gasteiger partial charge in [-0.15, -0.1) is 0 Å². The Labute approximate surface area is 107 Å². The Kier molecular flexibility index (Phi) is 3.37. The summed E-state index contributed by atoms with van der Waals surface area (Å²) < 4.78 is 5.05. The van der Waals surface area contributed by atoms with Crippen LogP contribution in [0.5, 0.6) is 0 Å². The number of non-ortho nitro benzene ring substituents is 1. The van der Waals surface area contributed by atoms with Gasteiger partial charge in [-0.3, -0.25) is 20.2 Å². The van der Waals surface area contributed by atoms with Crippen molar-refractivity contribution in [3.05, 3.63) is 68.1 Å². The van der Waals surface area contributed by atoms with Gasteiger partial charge in [0.15, 0.2) is 0 Å². The van der Waals surface area contributed by atoms with Crippen molar-refractivity contribution in [2.75, 3.05) is 0 Å². The van der Waals surface area contributed by atoms with E-state index in [1.807, 2.05) is 0 Å². The van der Waals surface area contributed by atoms with E-state index in [0.717, 1.165) is 6.07 Å². The molecule has 0 unspecified atom stereocenters. The molecule has 7 heteroatoms. The molecular formula is C12H8N2O5. The van der Waals surface area contributed by atoms with E-state index in [1.54, 1.807) is 18.2 Å². The van der Waals surface area contributed by atoms with Crippen molar-refractivity contribution in [2.45, 2.75) is 0 Å². The van der Waals surface area contributed by atoms with E-state index in [9.17, 15) is 20.2 Å². The molecular weight excluding hydrogens is 252 g/mol. The van der Waals surface area contributed by atoms with Gasteiger partial charge in [0.1, 0.15) is 5.76 Å². The first-order chi connectivity index (χ1) is 9.08. The Hall–Kier alpha value is -2.96. The summed E-state index contributed by atoms with van der Waals surface area (Å²) >= 11 is 0. The number of nitro benzene ring substituents is 2. The normalized spacial score (nSPS) is 10.7. The summed E-state index contributed by atoms with van der Waals surface area (Å²) in [4.78, 5) is 20.1. The van der Waals surface area contributed by atoms with Crippen molar-refractivity contribution in [3.63, 3.8) is 0 Å². The average molecular weight is 260 g/mol. The van der Waals surface area contributed by atoms with E-state index in [2.05, 4.69) is 0 Å². The van der Waals surface area contributed by atoms with Crippen molar-refractivity contribution in [1.82, 2.24) is 0 Å². The van der Waals surface area contributed by atoms with Gasteiger partial charge in [-0.1, -0.05) is 0 Å². The first kappa shape index (κ1) is 12.5. The predicted octanol–water partition coefficient (Wildman–Crippen LogP) is 3.27. The zero-order valence-corrected chi connectivity index (χ0v) is 9.55. The monoisotopic (exact) mass is 260 g/mol. The lowest BCUT2D eigenvalue weighted by molar-refractivity contribution is -0.394. The number of benzene rings is 1. The molecule has 0 amide bonds. The molecule has 2 rings (SSSR count). The van der Waals surface area contributed by atoms with Gasteiger partial charge in [-0.05, 0) is 30.4 Å². The molecule has 0 saturated heterocycles. The van der Waals surface area contributed by atoms with Gasteiger partial charge in [0.2, 0.25) is 0 Å². The molecule has 1 aromatic heterocycles.